The summed E-state index contributed by atoms with van der Waals surface area (Å²) in [5, 5.41) is 2.86. The molecule has 0 radical (unpaired) electrons. The zero-order valence-electron chi connectivity index (χ0n) is 8.33. The number of rotatable bonds is 3. The van der Waals surface area contributed by atoms with Gasteiger partial charge in [-0.25, -0.2) is 9.37 Å². The highest BCUT2D eigenvalue weighted by molar-refractivity contribution is 5.35. The van der Waals surface area contributed by atoms with E-state index in [0.717, 1.165) is 11.5 Å². The molecule has 0 amide bonds. The normalized spacial score (nSPS) is 10.3. The number of pyridine rings is 1. The van der Waals surface area contributed by atoms with Crippen molar-refractivity contribution in [1.82, 2.24) is 4.98 Å². The molecule has 2 rings (SSSR count). The molecule has 0 aromatic carbocycles. The summed E-state index contributed by atoms with van der Waals surface area (Å²) in [6, 6.07) is 6.63. The van der Waals surface area contributed by atoms with Gasteiger partial charge in [0.1, 0.15) is 11.5 Å². The van der Waals surface area contributed by atoms with Gasteiger partial charge in [-0.05, 0) is 31.2 Å². The smallest absolute Gasteiger partial charge is 0.165 e. The molecule has 0 bridgehead atoms. The van der Waals surface area contributed by atoms with Gasteiger partial charge in [0.2, 0.25) is 0 Å². The van der Waals surface area contributed by atoms with Crippen molar-refractivity contribution in [1.29, 1.82) is 0 Å². The molecule has 0 aliphatic rings. The predicted molar refractivity (Wildman–Crippen MR) is 55.0 cm³/mol. The first-order valence-electron chi connectivity index (χ1n) is 4.65. The third-order valence-corrected chi connectivity index (χ3v) is 1.98. The van der Waals surface area contributed by atoms with Gasteiger partial charge in [0, 0.05) is 6.20 Å². The number of hydrogen-bond donors (Lipinski definition) is 1. The van der Waals surface area contributed by atoms with Crippen molar-refractivity contribution in [3.8, 4) is 0 Å². The molecule has 0 aliphatic carbocycles. The Morgan fingerprint density at radius 2 is 2.27 bits per heavy atom. The minimum Gasteiger partial charge on any atom is -0.465 e. The van der Waals surface area contributed by atoms with Gasteiger partial charge in [-0.3, -0.25) is 0 Å². The number of hydrogen-bond acceptors (Lipinski definition) is 3. The van der Waals surface area contributed by atoms with E-state index in [4.69, 9.17) is 4.42 Å². The Balaban J connectivity index is 2.02. The van der Waals surface area contributed by atoms with Gasteiger partial charge in [0.15, 0.2) is 11.6 Å². The molecule has 0 aliphatic heterocycles. The van der Waals surface area contributed by atoms with Gasteiger partial charge in [0.25, 0.3) is 0 Å². The lowest BCUT2D eigenvalue weighted by Gasteiger charge is -2.03. The molecule has 0 saturated heterocycles. The number of aromatic nitrogens is 1. The van der Waals surface area contributed by atoms with Gasteiger partial charge in [0.05, 0.1) is 6.54 Å². The van der Waals surface area contributed by atoms with Gasteiger partial charge in [-0.15, -0.1) is 0 Å². The van der Waals surface area contributed by atoms with Crippen molar-refractivity contribution in [2.24, 2.45) is 0 Å². The van der Waals surface area contributed by atoms with E-state index in [2.05, 4.69) is 10.3 Å². The van der Waals surface area contributed by atoms with Crippen LogP contribution in [0.1, 0.15) is 11.5 Å². The van der Waals surface area contributed by atoms with E-state index in [9.17, 15) is 4.39 Å². The molecular weight excluding hydrogens is 195 g/mol. The lowest BCUT2D eigenvalue weighted by molar-refractivity contribution is 0.489. The van der Waals surface area contributed by atoms with Crippen molar-refractivity contribution < 1.29 is 8.81 Å². The maximum atomic E-state index is 13.1. The van der Waals surface area contributed by atoms with Crippen LogP contribution in [0.4, 0.5) is 10.2 Å². The van der Waals surface area contributed by atoms with Crippen LogP contribution in [-0.2, 0) is 6.54 Å². The average Bonchev–Trinajstić information content (AvgIpc) is 2.63. The maximum Gasteiger partial charge on any atom is 0.165 e. The van der Waals surface area contributed by atoms with E-state index in [-0.39, 0.29) is 11.6 Å². The number of furan rings is 1. The zero-order chi connectivity index (χ0) is 10.7. The van der Waals surface area contributed by atoms with Crippen molar-refractivity contribution in [2.45, 2.75) is 13.5 Å². The Morgan fingerprint density at radius 3 is 2.93 bits per heavy atom. The summed E-state index contributed by atoms with van der Waals surface area (Å²) < 4.78 is 18.5. The minimum atomic E-state index is -0.360. The van der Waals surface area contributed by atoms with E-state index in [1.165, 1.54) is 6.07 Å². The first kappa shape index (κ1) is 9.71. The molecule has 0 fully saturated rings. The molecule has 0 atom stereocenters. The van der Waals surface area contributed by atoms with Crippen LogP contribution in [0, 0.1) is 12.7 Å². The van der Waals surface area contributed by atoms with Crippen LogP contribution in [0.3, 0.4) is 0 Å². The fourth-order valence-electron chi connectivity index (χ4n) is 1.27. The summed E-state index contributed by atoms with van der Waals surface area (Å²) >= 11 is 0. The van der Waals surface area contributed by atoms with Crippen LogP contribution in [0.25, 0.3) is 0 Å². The van der Waals surface area contributed by atoms with Crippen LogP contribution in [0.5, 0.6) is 0 Å². The standard InChI is InChI=1S/C11H11FN2O/c1-8-4-5-9(15-8)7-14-11-10(12)3-2-6-13-11/h2-6H,7H2,1H3,(H,13,14). The fraction of sp³-hybridized carbons (Fsp3) is 0.182. The highest BCUT2D eigenvalue weighted by Gasteiger charge is 2.03. The lowest BCUT2D eigenvalue weighted by atomic mass is 10.4. The number of aryl methyl sites for hydroxylation is 1. The van der Waals surface area contributed by atoms with E-state index >= 15 is 0 Å². The largest absolute Gasteiger partial charge is 0.465 e. The molecule has 0 saturated carbocycles. The lowest BCUT2D eigenvalue weighted by Crippen LogP contribution is -2.02. The first-order chi connectivity index (χ1) is 7.25. The molecule has 1 N–H and O–H groups in total. The predicted octanol–water partition coefficient (Wildman–Crippen LogP) is 2.73. The minimum absolute atomic E-state index is 0.242. The van der Waals surface area contributed by atoms with Gasteiger partial charge < -0.3 is 9.73 Å². The van der Waals surface area contributed by atoms with Crippen LogP contribution < -0.4 is 5.32 Å². The monoisotopic (exact) mass is 206 g/mol. The molecule has 0 unspecified atom stereocenters. The molecule has 2 aromatic rings. The van der Waals surface area contributed by atoms with Gasteiger partial charge in [-0.1, -0.05) is 0 Å². The number of halogens is 1. The van der Waals surface area contributed by atoms with E-state index in [0.29, 0.717) is 6.54 Å². The van der Waals surface area contributed by atoms with Crippen LogP contribution in [0.2, 0.25) is 0 Å². The summed E-state index contributed by atoms with van der Waals surface area (Å²) in [5.41, 5.74) is 0. The van der Waals surface area contributed by atoms with Crippen molar-refractivity contribution >= 4 is 5.82 Å². The van der Waals surface area contributed by atoms with Crippen LogP contribution in [-0.4, -0.2) is 4.98 Å². The van der Waals surface area contributed by atoms with Gasteiger partial charge >= 0.3 is 0 Å². The first-order valence-corrected chi connectivity index (χ1v) is 4.65. The Bertz CT molecular complexity index is 453. The second-order valence-electron chi connectivity index (χ2n) is 3.20. The highest BCUT2D eigenvalue weighted by atomic mass is 19.1. The van der Waals surface area contributed by atoms with Crippen molar-refractivity contribution in [3.63, 3.8) is 0 Å². The van der Waals surface area contributed by atoms with E-state index in [1.807, 2.05) is 19.1 Å². The molecular formula is C11H11FN2O. The summed E-state index contributed by atoms with van der Waals surface area (Å²) in [6.45, 7) is 2.30. The summed E-state index contributed by atoms with van der Waals surface area (Å²) in [7, 11) is 0. The SMILES string of the molecule is Cc1ccc(CNc2ncccc2F)o1. The van der Waals surface area contributed by atoms with Gasteiger partial charge in [-0.2, -0.15) is 0 Å². The van der Waals surface area contributed by atoms with Crippen molar-refractivity contribution in [3.05, 3.63) is 47.8 Å². The fourth-order valence-corrected chi connectivity index (χ4v) is 1.27. The maximum absolute atomic E-state index is 13.1. The van der Waals surface area contributed by atoms with Crippen molar-refractivity contribution in [2.75, 3.05) is 5.32 Å². The number of nitrogens with one attached hydrogen (secondary N) is 1. The topological polar surface area (TPSA) is 38.1 Å². The number of anilines is 1. The molecule has 0 spiro atoms. The molecule has 78 valence electrons. The molecule has 4 heteroatoms. The molecule has 3 nitrogen and oxygen atoms in total. The van der Waals surface area contributed by atoms with E-state index in [1.54, 1.807) is 12.3 Å². The van der Waals surface area contributed by atoms with E-state index < -0.39 is 0 Å². The Hall–Kier alpha value is -1.84. The Labute approximate surface area is 86.9 Å². The second kappa shape index (κ2) is 4.13. The zero-order valence-corrected chi connectivity index (χ0v) is 8.33. The average molecular weight is 206 g/mol. The molecule has 15 heavy (non-hydrogen) atoms. The number of nitrogens with zero attached hydrogens (tertiary/aromatic N) is 1. The summed E-state index contributed by atoms with van der Waals surface area (Å²) in [5.74, 6) is 1.48. The quantitative estimate of drug-likeness (QED) is 0.839. The molecule has 2 aromatic heterocycles. The molecule has 2 heterocycles. The Kier molecular flexibility index (Phi) is 2.67. The second-order valence-corrected chi connectivity index (χ2v) is 3.20. The van der Waals surface area contributed by atoms with Crippen LogP contribution >= 0.6 is 0 Å². The highest BCUT2D eigenvalue weighted by Crippen LogP contribution is 2.12. The summed E-state index contributed by atoms with van der Waals surface area (Å²) in [4.78, 5) is 3.87. The summed E-state index contributed by atoms with van der Waals surface area (Å²) in [6.07, 6.45) is 1.54. The Morgan fingerprint density at radius 1 is 1.40 bits per heavy atom. The third kappa shape index (κ3) is 2.34. The third-order valence-electron chi connectivity index (χ3n) is 1.98. The van der Waals surface area contributed by atoms with Crippen LogP contribution in [0.15, 0.2) is 34.9 Å².